The maximum Gasteiger partial charge on any atom is 0.176 e. The molecule has 1 N–H and O–H groups in total. The number of furan rings is 1. The Balaban J connectivity index is 2.20. The Labute approximate surface area is 106 Å². The van der Waals surface area contributed by atoms with Crippen LogP contribution in [0.4, 0.5) is 0 Å². The van der Waals surface area contributed by atoms with Gasteiger partial charge in [0.2, 0.25) is 0 Å². The van der Waals surface area contributed by atoms with Gasteiger partial charge in [0.1, 0.15) is 11.5 Å². The molecule has 0 fully saturated rings. The van der Waals surface area contributed by atoms with Crippen LogP contribution in [0.2, 0.25) is 0 Å². The summed E-state index contributed by atoms with van der Waals surface area (Å²) in [6, 6.07) is 2.23. The topological polar surface area (TPSA) is 68.8 Å². The average Bonchev–Trinajstić information content (AvgIpc) is 2.84. The lowest BCUT2D eigenvalue weighted by Crippen LogP contribution is -2.23. The number of nitrogens with one attached hydrogen (secondary N) is 1. The molecular weight excluding hydrogens is 230 g/mol. The molecule has 0 bridgehead atoms. The summed E-state index contributed by atoms with van der Waals surface area (Å²) in [6.45, 7) is 6.91. The summed E-state index contributed by atoms with van der Waals surface area (Å²) in [6.07, 6.45) is 0.710. The molecule has 0 amide bonds. The minimum absolute atomic E-state index is 0.164. The summed E-state index contributed by atoms with van der Waals surface area (Å²) in [4.78, 5) is 1.48. The predicted molar refractivity (Wildman–Crippen MR) is 67.1 cm³/mol. The van der Waals surface area contributed by atoms with Crippen molar-refractivity contribution >= 4 is 0 Å². The maximum atomic E-state index is 5.58. The van der Waals surface area contributed by atoms with Crippen molar-refractivity contribution < 1.29 is 4.42 Å². The Morgan fingerprint density at radius 3 is 2.72 bits per heavy atom. The van der Waals surface area contributed by atoms with E-state index in [0.29, 0.717) is 6.42 Å². The molecule has 0 aromatic carbocycles. The second kappa shape index (κ2) is 5.30. The number of aryl methyl sites for hydroxylation is 3. The normalized spacial score (nSPS) is 12.9. The zero-order chi connectivity index (χ0) is 13.1. The molecule has 2 aromatic rings. The zero-order valence-electron chi connectivity index (χ0n) is 11.3. The van der Waals surface area contributed by atoms with E-state index >= 15 is 0 Å². The molecule has 98 valence electrons. The zero-order valence-corrected chi connectivity index (χ0v) is 11.3. The molecule has 18 heavy (non-hydrogen) atoms. The van der Waals surface area contributed by atoms with Crippen molar-refractivity contribution in [2.75, 3.05) is 6.54 Å². The van der Waals surface area contributed by atoms with E-state index in [9.17, 15) is 0 Å². The molecule has 2 aromatic heterocycles. The van der Waals surface area contributed by atoms with Crippen LogP contribution >= 0.6 is 0 Å². The van der Waals surface area contributed by atoms with E-state index in [2.05, 4.69) is 33.7 Å². The first-order chi connectivity index (χ1) is 8.60. The molecule has 6 nitrogen and oxygen atoms in total. The molecule has 0 spiro atoms. The molecule has 1 atom stereocenters. The van der Waals surface area contributed by atoms with Crippen LogP contribution in [0.25, 0.3) is 0 Å². The van der Waals surface area contributed by atoms with Gasteiger partial charge in [-0.2, -0.15) is 4.80 Å². The Hall–Kier alpha value is -1.69. The lowest BCUT2D eigenvalue weighted by Gasteiger charge is -2.15. The van der Waals surface area contributed by atoms with E-state index in [1.807, 2.05) is 13.8 Å². The van der Waals surface area contributed by atoms with E-state index in [0.717, 1.165) is 23.9 Å². The van der Waals surface area contributed by atoms with Crippen LogP contribution in [0, 0.1) is 13.8 Å². The molecule has 0 aliphatic rings. The first kappa shape index (κ1) is 12.8. The van der Waals surface area contributed by atoms with Gasteiger partial charge in [-0.3, -0.25) is 0 Å². The molecule has 0 saturated carbocycles. The molecule has 0 aliphatic carbocycles. The number of hydrogen-bond acceptors (Lipinski definition) is 5. The fourth-order valence-electron chi connectivity index (χ4n) is 2.12. The summed E-state index contributed by atoms with van der Waals surface area (Å²) < 4.78 is 5.58. The molecule has 2 heterocycles. The van der Waals surface area contributed by atoms with Gasteiger partial charge in [-0.15, -0.1) is 10.2 Å². The summed E-state index contributed by atoms with van der Waals surface area (Å²) in [7, 11) is 1.77. The van der Waals surface area contributed by atoms with Crippen molar-refractivity contribution in [2.45, 2.75) is 33.2 Å². The lowest BCUT2D eigenvalue weighted by molar-refractivity contribution is 0.481. The number of tetrazole rings is 1. The highest BCUT2D eigenvalue weighted by atomic mass is 16.3. The second-order valence-electron chi connectivity index (χ2n) is 4.38. The number of nitrogens with zero attached hydrogens (tertiary/aromatic N) is 4. The van der Waals surface area contributed by atoms with Crippen molar-refractivity contribution in [1.29, 1.82) is 0 Å². The second-order valence-corrected chi connectivity index (χ2v) is 4.38. The smallest absolute Gasteiger partial charge is 0.176 e. The summed E-state index contributed by atoms with van der Waals surface area (Å²) >= 11 is 0. The summed E-state index contributed by atoms with van der Waals surface area (Å²) in [5.74, 6) is 2.61. The van der Waals surface area contributed by atoms with Gasteiger partial charge < -0.3 is 9.73 Å². The van der Waals surface area contributed by atoms with E-state index in [1.54, 1.807) is 7.05 Å². The largest absolute Gasteiger partial charge is 0.466 e. The Morgan fingerprint density at radius 1 is 1.44 bits per heavy atom. The monoisotopic (exact) mass is 249 g/mol. The van der Waals surface area contributed by atoms with Crippen molar-refractivity contribution in [1.82, 2.24) is 25.5 Å². The van der Waals surface area contributed by atoms with Crippen LogP contribution in [0.3, 0.4) is 0 Å². The fourth-order valence-corrected chi connectivity index (χ4v) is 2.12. The Bertz CT molecular complexity index is 516. The quantitative estimate of drug-likeness (QED) is 0.865. The van der Waals surface area contributed by atoms with Gasteiger partial charge in [0, 0.05) is 18.0 Å². The molecule has 0 radical (unpaired) electrons. The van der Waals surface area contributed by atoms with Crippen molar-refractivity contribution in [3.8, 4) is 0 Å². The van der Waals surface area contributed by atoms with Crippen molar-refractivity contribution in [3.05, 3.63) is 29.0 Å². The molecular formula is C12H19N5O. The average molecular weight is 249 g/mol. The third-order valence-corrected chi connectivity index (χ3v) is 2.84. The Kier molecular flexibility index (Phi) is 3.76. The number of aromatic nitrogens is 4. The highest BCUT2D eigenvalue weighted by Crippen LogP contribution is 2.23. The molecule has 6 heteroatoms. The van der Waals surface area contributed by atoms with Crippen molar-refractivity contribution in [2.24, 2.45) is 7.05 Å². The van der Waals surface area contributed by atoms with Crippen LogP contribution in [0.15, 0.2) is 10.5 Å². The van der Waals surface area contributed by atoms with Gasteiger partial charge in [0.05, 0.1) is 7.05 Å². The van der Waals surface area contributed by atoms with E-state index in [4.69, 9.17) is 4.42 Å². The van der Waals surface area contributed by atoms with Gasteiger partial charge in [-0.25, -0.2) is 0 Å². The van der Waals surface area contributed by atoms with Gasteiger partial charge in [-0.05, 0) is 31.7 Å². The summed E-state index contributed by atoms with van der Waals surface area (Å²) in [5, 5.41) is 15.5. The number of hydrogen-bond donors (Lipinski definition) is 1. The first-order valence-corrected chi connectivity index (χ1v) is 6.13. The van der Waals surface area contributed by atoms with Gasteiger partial charge >= 0.3 is 0 Å². The standard InChI is InChI=1S/C12H19N5O/c1-5-13-11(7-12-14-16-17(4)15-12)10-6-8(2)18-9(10)3/h6,11,13H,5,7H2,1-4H3. The number of likely N-dealkylation sites (N-methyl/N-ethyl adjacent to an activating group) is 1. The molecule has 0 aliphatic heterocycles. The van der Waals surface area contributed by atoms with Gasteiger partial charge in [0.25, 0.3) is 0 Å². The number of rotatable bonds is 5. The first-order valence-electron chi connectivity index (χ1n) is 6.13. The van der Waals surface area contributed by atoms with Crippen LogP contribution in [-0.4, -0.2) is 26.8 Å². The SMILES string of the molecule is CCNC(Cc1nnn(C)n1)c1cc(C)oc1C. The van der Waals surface area contributed by atoms with E-state index in [1.165, 1.54) is 10.4 Å². The van der Waals surface area contributed by atoms with Crippen LogP contribution in [0.1, 0.15) is 35.9 Å². The molecule has 2 rings (SSSR count). The highest BCUT2D eigenvalue weighted by Gasteiger charge is 2.18. The van der Waals surface area contributed by atoms with Crippen LogP contribution < -0.4 is 5.32 Å². The third kappa shape index (κ3) is 2.76. The highest BCUT2D eigenvalue weighted by molar-refractivity contribution is 5.24. The molecule has 0 saturated heterocycles. The molecule has 1 unspecified atom stereocenters. The fraction of sp³-hybridized carbons (Fsp3) is 0.583. The van der Waals surface area contributed by atoms with Crippen molar-refractivity contribution in [3.63, 3.8) is 0 Å². The van der Waals surface area contributed by atoms with Crippen LogP contribution in [-0.2, 0) is 13.5 Å². The van der Waals surface area contributed by atoms with Gasteiger partial charge in [-0.1, -0.05) is 6.92 Å². The van der Waals surface area contributed by atoms with Crippen LogP contribution in [0.5, 0.6) is 0 Å². The minimum atomic E-state index is 0.164. The predicted octanol–water partition coefficient (Wildman–Crippen LogP) is 1.31. The van der Waals surface area contributed by atoms with E-state index < -0.39 is 0 Å². The lowest BCUT2D eigenvalue weighted by atomic mass is 10.0. The van der Waals surface area contributed by atoms with Gasteiger partial charge in [0.15, 0.2) is 5.82 Å². The maximum absolute atomic E-state index is 5.58. The third-order valence-electron chi connectivity index (χ3n) is 2.84. The van der Waals surface area contributed by atoms with E-state index in [-0.39, 0.29) is 6.04 Å². The minimum Gasteiger partial charge on any atom is -0.466 e. The summed E-state index contributed by atoms with van der Waals surface area (Å²) in [5.41, 5.74) is 1.17. The Morgan fingerprint density at radius 2 is 2.22 bits per heavy atom.